The summed E-state index contributed by atoms with van der Waals surface area (Å²) in [6.45, 7) is 5.98. The first-order valence-corrected chi connectivity index (χ1v) is 10.5. The van der Waals surface area contributed by atoms with Gasteiger partial charge in [-0.05, 0) is 50.2 Å². The monoisotopic (exact) mass is 379 g/mol. The molecule has 0 atom stereocenters. The van der Waals surface area contributed by atoms with Crippen LogP contribution in [0.15, 0.2) is 30.6 Å². The van der Waals surface area contributed by atoms with Crippen LogP contribution < -0.4 is 4.90 Å². The molecule has 28 heavy (non-hydrogen) atoms. The molecule has 4 rings (SSSR count). The van der Waals surface area contributed by atoms with Crippen LogP contribution in [0.3, 0.4) is 0 Å². The molecule has 1 amide bonds. The number of hydrogen-bond acceptors (Lipinski definition) is 5. The number of carbonyl (C=O) groups is 1. The number of amides is 1. The minimum atomic E-state index is 0.346. The van der Waals surface area contributed by atoms with Crippen molar-refractivity contribution in [2.45, 2.75) is 45.4 Å². The quantitative estimate of drug-likeness (QED) is 0.797. The van der Waals surface area contributed by atoms with Crippen molar-refractivity contribution in [3.8, 4) is 11.4 Å². The van der Waals surface area contributed by atoms with Crippen molar-refractivity contribution >= 4 is 11.7 Å². The molecule has 0 aliphatic carbocycles. The SMILES string of the molecule is CCc1cc(N2CCC(CN3CCCCC3=O)CC2)nc(-c2ccncc2)n1. The average Bonchev–Trinajstić information content (AvgIpc) is 2.76. The molecule has 6 nitrogen and oxygen atoms in total. The van der Waals surface area contributed by atoms with Crippen molar-refractivity contribution in [1.82, 2.24) is 19.9 Å². The number of aromatic nitrogens is 3. The van der Waals surface area contributed by atoms with Gasteiger partial charge in [-0.3, -0.25) is 9.78 Å². The van der Waals surface area contributed by atoms with Crippen LogP contribution in [-0.2, 0) is 11.2 Å². The largest absolute Gasteiger partial charge is 0.356 e. The molecule has 4 heterocycles. The van der Waals surface area contributed by atoms with Gasteiger partial charge in [0.15, 0.2) is 5.82 Å². The third-order valence-electron chi connectivity index (χ3n) is 5.90. The fourth-order valence-corrected chi connectivity index (χ4v) is 4.17. The molecule has 2 aromatic heterocycles. The second-order valence-electron chi connectivity index (χ2n) is 7.86. The second kappa shape index (κ2) is 8.67. The highest BCUT2D eigenvalue weighted by molar-refractivity contribution is 5.76. The summed E-state index contributed by atoms with van der Waals surface area (Å²) in [5.41, 5.74) is 2.07. The summed E-state index contributed by atoms with van der Waals surface area (Å²) in [6.07, 6.45) is 9.62. The lowest BCUT2D eigenvalue weighted by Gasteiger charge is -2.36. The molecular formula is C22H29N5O. The number of carbonyl (C=O) groups excluding carboxylic acids is 1. The van der Waals surface area contributed by atoms with Crippen molar-refractivity contribution in [2.24, 2.45) is 5.92 Å². The van der Waals surface area contributed by atoms with Crippen LogP contribution in [0.1, 0.15) is 44.7 Å². The Kier molecular flexibility index (Phi) is 5.84. The first kappa shape index (κ1) is 18.8. The molecule has 2 aliphatic rings. The number of anilines is 1. The lowest BCUT2D eigenvalue weighted by molar-refractivity contribution is -0.134. The Morgan fingerprint density at radius 1 is 1.07 bits per heavy atom. The summed E-state index contributed by atoms with van der Waals surface area (Å²) in [7, 11) is 0. The Morgan fingerprint density at radius 3 is 2.57 bits per heavy atom. The number of nitrogens with zero attached hydrogens (tertiary/aromatic N) is 5. The summed E-state index contributed by atoms with van der Waals surface area (Å²) < 4.78 is 0. The molecular weight excluding hydrogens is 350 g/mol. The van der Waals surface area contributed by atoms with Crippen LogP contribution in [0.25, 0.3) is 11.4 Å². The van der Waals surface area contributed by atoms with Gasteiger partial charge in [-0.1, -0.05) is 6.92 Å². The van der Waals surface area contributed by atoms with E-state index in [1.54, 1.807) is 12.4 Å². The van der Waals surface area contributed by atoms with Crippen LogP contribution in [0.5, 0.6) is 0 Å². The maximum absolute atomic E-state index is 12.1. The van der Waals surface area contributed by atoms with E-state index < -0.39 is 0 Å². The number of aryl methyl sites for hydroxylation is 1. The molecule has 2 aromatic rings. The second-order valence-corrected chi connectivity index (χ2v) is 7.86. The van der Waals surface area contributed by atoms with Gasteiger partial charge in [-0.2, -0.15) is 0 Å². The third-order valence-corrected chi connectivity index (χ3v) is 5.90. The van der Waals surface area contributed by atoms with Gasteiger partial charge in [0.25, 0.3) is 0 Å². The number of likely N-dealkylation sites (tertiary alicyclic amines) is 1. The van der Waals surface area contributed by atoms with Gasteiger partial charge >= 0.3 is 0 Å². The maximum Gasteiger partial charge on any atom is 0.222 e. The van der Waals surface area contributed by atoms with Gasteiger partial charge in [0.1, 0.15) is 5.82 Å². The zero-order valence-electron chi connectivity index (χ0n) is 16.7. The van der Waals surface area contributed by atoms with Crippen LogP contribution in [-0.4, -0.2) is 51.9 Å². The summed E-state index contributed by atoms with van der Waals surface area (Å²) in [5.74, 6) is 2.74. The van der Waals surface area contributed by atoms with Crippen molar-refractivity contribution < 1.29 is 4.79 Å². The van der Waals surface area contributed by atoms with Crippen molar-refractivity contribution in [3.63, 3.8) is 0 Å². The molecule has 0 N–H and O–H groups in total. The number of hydrogen-bond donors (Lipinski definition) is 0. The van der Waals surface area contributed by atoms with Gasteiger partial charge in [0.2, 0.25) is 5.91 Å². The third kappa shape index (κ3) is 4.32. The molecule has 148 valence electrons. The summed E-state index contributed by atoms with van der Waals surface area (Å²) in [5, 5.41) is 0. The highest BCUT2D eigenvalue weighted by Gasteiger charge is 2.26. The summed E-state index contributed by atoms with van der Waals surface area (Å²) in [6, 6.07) is 6.04. The van der Waals surface area contributed by atoms with Crippen LogP contribution in [0, 0.1) is 5.92 Å². The number of pyridine rings is 1. The van der Waals surface area contributed by atoms with Crippen LogP contribution in [0.2, 0.25) is 0 Å². The molecule has 0 aromatic carbocycles. The molecule has 2 aliphatic heterocycles. The van der Waals surface area contributed by atoms with Crippen molar-refractivity contribution in [2.75, 3.05) is 31.1 Å². The Morgan fingerprint density at radius 2 is 1.86 bits per heavy atom. The molecule has 6 heteroatoms. The van der Waals surface area contributed by atoms with E-state index in [0.29, 0.717) is 11.8 Å². The lowest BCUT2D eigenvalue weighted by atomic mass is 9.95. The molecule has 0 radical (unpaired) electrons. The smallest absolute Gasteiger partial charge is 0.222 e. The zero-order chi connectivity index (χ0) is 19.3. The molecule has 0 spiro atoms. The van der Waals surface area contributed by atoms with E-state index in [-0.39, 0.29) is 0 Å². The standard InChI is InChI=1S/C22H29N5O/c1-2-19-15-20(25-22(24-19)18-6-10-23-11-7-18)26-13-8-17(9-14-26)16-27-12-4-3-5-21(27)28/h6-7,10-11,15,17H,2-5,8-9,12-14,16H2,1H3. The summed E-state index contributed by atoms with van der Waals surface area (Å²) in [4.78, 5) is 30.2. The van der Waals surface area contributed by atoms with Gasteiger partial charge in [0.05, 0.1) is 0 Å². The van der Waals surface area contributed by atoms with Crippen LogP contribution in [0.4, 0.5) is 5.82 Å². The topological polar surface area (TPSA) is 62.2 Å². The van der Waals surface area contributed by atoms with E-state index in [2.05, 4.69) is 27.8 Å². The summed E-state index contributed by atoms with van der Waals surface area (Å²) >= 11 is 0. The average molecular weight is 380 g/mol. The fourth-order valence-electron chi connectivity index (χ4n) is 4.17. The number of piperidine rings is 2. The van der Waals surface area contributed by atoms with Gasteiger partial charge in [-0.25, -0.2) is 9.97 Å². The minimum Gasteiger partial charge on any atom is -0.356 e. The van der Waals surface area contributed by atoms with Crippen LogP contribution >= 0.6 is 0 Å². The minimum absolute atomic E-state index is 0.346. The predicted molar refractivity (Wildman–Crippen MR) is 110 cm³/mol. The molecule has 2 fully saturated rings. The van der Waals surface area contributed by atoms with Crippen molar-refractivity contribution in [3.05, 3.63) is 36.3 Å². The molecule has 0 unspecified atom stereocenters. The van der Waals surface area contributed by atoms with E-state index in [1.165, 1.54) is 0 Å². The van der Waals surface area contributed by atoms with Gasteiger partial charge in [0, 0.05) is 62.3 Å². The maximum atomic E-state index is 12.1. The van der Waals surface area contributed by atoms with Gasteiger partial charge < -0.3 is 9.80 Å². The highest BCUT2D eigenvalue weighted by atomic mass is 16.2. The number of rotatable bonds is 5. The normalized spacial score (nSPS) is 18.5. The molecule has 2 saturated heterocycles. The Bertz CT molecular complexity index is 802. The van der Waals surface area contributed by atoms with Gasteiger partial charge in [-0.15, -0.1) is 0 Å². The Balaban J connectivity index is 1.43. The molecule has 0 bridgehead atoms. The van der Waals surface area contributed by atoms with E-state index in [9.17, 15) is 4.79 Å². The fraction of sp³-hybridized carbons (Fsp3) is 0.545. The van der Waals surface area contributed by atoms with E-state index in [0.717, 1.165) is 87.6 Å². The van der Waals surface area contributed by atoms with Crippen molar-refractivity contribution in [1.29, 1.82) is 0 Å². The molecule has 0 saturated carbocycles. The first-order chi connectivity index (χ1) is 13.7. The lowest BCUT2D eigenvalue weighted by Crippen LogP contribution is -2.43. The van der Waals surface area contributed by atoms with E-state index in [4.69, 9.17) is 9.97 Å². The predicted octanol–water partition coefficient (Wildman–Crippen LogP) is 3.33. The zero-order valence-corrected chi connectivity index (χ0v) is 16.7. The Hall–Kier alpha value is -2.50. The first-order valence-electron chi connectivity index (χ1n) is 10.5. The van der Waals surface area contributed by atoms with E-state index in [1.807, 2.05) is 12.1 Å². The highest BCUT2D eigenvalue weighted by Crippen LogP contribution is 2.26. The van der Waals surface area contributed by atoms with E-state index >= 15 is 0 Å². The Labute approximate surface area is 167 Å².